The molecule has 0 aliphatic heterocycles. The van der Waals surface area contributed by atoms with E-state index in [1.54, 1.807) is 0 Å². The lowest BCUT2D eigenvalue weighted by Crippen LogP contribution is -2.56. The average molecular weight is 296 g/mol. The summed E-state index contributed by atoms with van der Waals surface area (Å²) in [4.78, 5) is 0. The fraction of sp³-hybridized carbons (Fsp3) is 0.400. The Hall–Kier alpha value is -2.31. The van der Waals surface area contributed by atoms with Gasteiger partial charge in [0.05, 0.1) is 17.1 Å². The molecule has 3 aromatic heterocycles. The van der Waals surface area contributed by atoms with Crippen LogP contribution >= 0.6 is 0 Å². The van der Waals surface area contributed by atoms with Crippen LogP contribution in [0.15, 0.2) is 0 Å². The summed E-state index contributed by atoms with van der Waals surface area (Å²) < 4.78 is 0. The van der Waals surface area contributed by atoms with E-state index in [0.29, 0.717) is 0 Å². The Kier molecular flexibility index (Phi) is 3.43. The maximum absolute atomic E-state index is 4.39. The van der Waals surface area contributed by atoms with E-state index < -0.39 is 0 Å². The van der Waals surface area contributed by atoms with Crippen molar-refractivity contribution in [1.29, 1.82) is 0 Å². The van der Waals surface area contributed by atoms with E-state index in [4.69, 9.17) is 0 Å². The molecule has 0 fully saturated rings. The molecule has 3 N–H and O–H groups in total. The quantitative estimate of drug-likeness (QED) is 0.604. The molecule has 0 spiro atoms. The van der Waals surface area contributed by atoms with Gasteiger partial charge in [0, 0.05) is 17.1 Å². The van der Waals surface area contributed by atoms with Gasteiger partial charge in [-0.25, -0.2) is 0 Å². The minimum atomic E-state index is 0.0799. The lowest BCUT2D eigenvalue weighted by atomic mass is 9.35. The summed E-state index contributed by atoms with van der Waals surface area (Å²) in [6.07, 6.45) is 0. The van der Waals surface area contributed by atoms with Crippen LogP contribution in [0.25, 0.3) is 0 Å². The third kappa shape index (κ3) is 2.08. The zero-order valence-corrected chi connectivity index (χ0v) is 13.9. The number of nitrogens with zero attached hydrogens (tertiary/aromatic N) is 3. The Balaban J connectivity index is 2.34. The molecule has 0 radical (unpaired) electrons. The van der Waals surface area contributed by atoms with Crippen LogP contribution in [0.4, 0.5) is 0 Å². The number of aryl methyl sites for hydroxylation is 6. The van der Waals surface area contributed by atoms with Crippen LogP contribution in [0.5, 0.6) is 0 Å². The number of H-pyrrole nitrogens is 3. The lowest BCUT2D eigenvalue weighted by Gasteiger charge is -2.16. The maximum atomic E-state index is 4.39. The molecule has 22 heavy (non-hydrogen) atoms. The van der Waals surface area contributed by atoms with Crippen molar-refractivity contribution >= 4 is 23.1 Å². The van der Waals surface area contributed by atoms with Gasteiger partial charge in [0.1, 0.15) is 0 Å². The highest BCUT2D eigenvalue weighted by Crippen LogP contribution is 2.07. The number of hydrogen-bond donors (Lipinski definition) is 3. The van der Waals surface area contributed by atoms with Crippen molar-refractivity contribution < 1.29 is 0 Å². The summed E-state index contributed by atoms with van der Waals surface area (Å²) in [5.74, 6) is 0. The van der Waals surface area contributed by atoms with Gasteiger partial charge in [0.2, 0.25) is 0 Å². The second kappa shape index (κ2) is 5.16. The molecule has 0 saturated carbocycles. The number of aromatic amines is 3. The summed E-state index contributed by atoms with van der Waals surface area (Å²) in [5, 5.41) is 22.5. The lowest BCUT2D eigenvalue weighted by molar-refractivity contribution is 1.02. The van der Waals surface area contributed by atoms with Crippen molar-refractivity contribution in [2.24, 2.45) is 0 Å². The Bertz CT molecular complexity index is 657. The SMILES string of the molecule is Cc1n[nH]c(C)c1B(c1c(C)n[nH]c1C)c1c(C)n[nH]c1C. The summed E-state index contributed by atoms with van der Waals surface area (Å²) in [6.45, 7) is 12.4. The molecule has 3 heterocycles. The van der Waals surface area contributed by atoms with Crippen molar-refractivity contribution in [2.75, 3.05) is 0 Å². The van der Waals surface area contributed by atoms with Gasteiger partial charge < -0.3 is 0 Å². The van der Waals surface area contributed by atoms with Gasteiger partial charge in [-0.3, -0.25) is 15.3 Å². The number of rotatable bonds is 3. The van der Waals surface area contributed by atoms with Gasteiger partial charge in [-0.05, 0) is 57.9 Å². The van der Waals surface area contributed by atoms with E-state index in [1.807, 2.05) is 20.8 Å². The molecule has 3 rings (SSSR count). The molecule has 0 aromatic carbocycles. The molecule has 0 aliphatic rings. The first-order valence-corrected chi connectivity index (χ1v) is 7.46. The van der Waals surface area contributed by atoms with Crippen LogP contribution in [0.2, 0.25) is 0 Å². The van der Waals surface area contributed by atoms with Gasteiger partial charge in [0.25, 0.3) is 6.71 Å². The fourth-order valence-electron chi connectivity index (χ4n) is 3.39. The summed E-state index contributed by atoms with van der Waals surface area (Å²) >= 11 is 0. The zero-order valence-electron chi connectivity index (χ0n) is 13.9. The molecular formula is C15H21BN6. The predicted molar refractivity (Wildman–Crippen MR) is 88.8 cm³/mol. The highest BCUT2D eigenvalue weighted by molar-refractivity contribution is 6.96. The largest absolute Gasteiger partial charge is 0.283 e. The molecule has 0 saturated heterocycles. The van der Waals surface area contributed by atoms with Crippen molar-refractivity contribution in [3.05, 3.63) is 34.2 Å². The number of aromatic nitrogens is 6. The van der Waals surface area contributed by atoms with Gasteiger partial charge in [-0.1, -0.05) is 0 Å². The molecular weight excluding hydrogens is 275 g/mol. The Morgan fingerprint density at radius 1 is 0.545 bits per heavy atom. The van der Waals surface area contributed by atoms with Gasteiger partial charge >= 0.3 is 0 Å². The highest BCUT2D eigenvalue weighted by Gasteiger charge is 2.34. The van der Waals surface area contributed by atoms with Gasteiger partial charge in [0.15, 0.2) is 0 Å². The molecule has 0 aliphatic carbocycles. The fourth-order valence-corrected chi connectivity index (χ4v) is 3.39. The Labute approximate surface area is 130 Å². The Morgan fingerprint density at radius 2 is 0.818 bits per heavy atom. The third-order valence-corrected chi connectivity index (χ3v) is 4.42. The van der Waals surface area contributed by atoms with Crippen molar-refractivity contribution in [1.82, 2.24) is 30.6 Å². The second-order valence-corrected chi connectivity index (χ2v) is 5.98. The molecule has 3 aromatic rings. The standard InChI is InChI=1S/C15H21BN6/c1-7-13(8(2)18-17-7)16(14-9(3)19-20-10(14)4)15-11(5)21-22-12(15)6/h1-6H3,(H,17,18)(H,19,20)(H,21,22). The van der Waals surface area contributed by atoms with E-state index in [0.717, 1.165) is 34.2 Å². The first kappa shape index (κ1) is 14.6. The zero-order chi connectivity index (χ0) is 16.0. The van der Waals surface area contributed by atoms with Crippen LogP contribution in [0.1, 0.15) is 34.2 Å². The molecule has 0 unspecified atom stereocenters. The average Bonchev–Trinajstić information content (AvgIpc) is 3.08. The van der Waals surface area contributed by atoms with Crippen molar-refractivity contribution in [3.8, 4) is 0 Å². The van der Waals surface area contributed by atoms with E-state index in [2.05, 4.69) is 51.4 Å². The van der Waals surface area contributed by atoms with Crippen LogP contribution in [0, 0.1) is 41.5 Å². The minimum Gasteiger partial charge on any atom is -0.283 e. The Morgan fingerprint density at radius 3 is 1.00 bits per heavy atom. The maximum Gasteiger partial charge on any atom is 0.255 e. The minimum absolute atomic E-state index is 0.0799. The molecule has 0 amide bonds. The third-order valence-electron chi connectivity index (χ3n) is 4.42. The second-order valence-electron chi connectivity index (χ2n) is 5.98. The summed E-state index contributed by atoms with van der Waals surface area (Å²) in [5.41, 5.74) is 9.93. The summed E-state index contributed by atoms with van der Waals surface area (Å²) in [7, 11) is 0. The molecule has 0 bridgehead atoms. The molecule has 6 nitrogen and oxygen atoms in total. The van der Waals surface area contributed by atoms with Gasteiger partial charge in [-0.15, -0.1) is 0 Å². The molecule has 114 valence electrons. The number of nitrogens with one attached hydrogen (secondary N) is 3. The monoisotopic (exact) mass is 296 g/mol. The van der Waals surface area contributed by atoms with Crippen LogP contribution in [-0.4, -0.2) is 37.3 Å². The number of hydrogen-bond acceptors (Lipinski definition) is 3. The summed E-state index contributed by atoms with van der Waals surface area (Å²) in [6, 6.07) is 0. The van der Waals surface area contributed by atoms with E-state index in [9.17, 15) is 0 Å². The molecule has 0 atom stereocenters. The van der Waals surface area contributed by atoms with Crippen LogP contribution in [0.3, 0.4) is 0 Å². The van der Waals surface area contributed by atoms with Crippen molar-refractivity contribution in [2.45, 2.75) is 41.5 Å². The van der Waals surface area contributed by atoms with E-state index in [1.165, 1.54) is 16.4 Å². The van der Waals surface area contributed by atoms with Crippen LogP contribution in [-0.2, 0) is 0 Å². The smallest absolute Gasteiger partial charge is 0.255 e. The van der Waals surface area contributed by atoms with Crippen LogP contribution < -0.4 is 16.4 Å². The van der Waals surface area contributed by atoms with Crippen molar-refractivity contribution in [3.63, 3.8) is 0 Å². The van der Waals surface area contributed by atoms with E-state index >= 15 is 0 Å². The first-order chi connectivity index (χ1) is 10.4. The van der Waals surface area contributed by atoms with Gasteiger partial charge in [-0.2, -0.15) is 15.3 Å². The normalized spacial score (nSPS) is 11.2. The van der Waals surface area contributed by atoms with E-state index in [-0.39, 0.29) is 6.71 Å². The highest BCUT2D eigenvalue weighted by atomic mass is 15.1. The first-order valence-electron chi connectivity index (χ1n) is 7.46. The predicted octanol–water partition coefficient (Wildman–Crippen LogP) is 0.223. The molecule has 7 heteroatoms. The topological polar surface area (TPSA) is 86.0 Å².